The second-order valence-electron chi connectivity index (χ2n) is 5.47. The Labute approximate surface area is 126 Å². The highest BCUT2D eigenvalue weighted by molar-refractivity contribution is 7.89. The van der Waals surface area contributed by atoms with Crippen molar-refractivity contribution in [2.75, 3.05) is 6.54 Å². The predicted molar refractivity (Wildman–Crippen MR) is 81.4 cm³/mol. The third kappa shape index (κ3) is 3.05. The summed E-state index contributed by atoms with van der Waals surface area (Å²) in [5.74, 6) is 0.324. The second-order valence-corrected chi connectivity index (χ2v) is 7.62. The van der Waals surface area contributed by atoms with E-state index in [2.05, 4.69) is 6.92 Å². The monoisotopic (exact) mass is 318 g/mol. The van der Waals surface area contributed by atoms with Gasteiger partial charge in [0.25, 0.3) is 0 Å². The Bertz CT molecular complexity index is 552. The van der Waals surface area contributed by atoms with E-state index >= 15 is 0 Å². The van der Waals surface area contributed by atoms with E-state index in [1.165, 1.54) is 0 Å². The molecule has 1 saturated heterocycles. The lowest BCUT2D eigenvalue weighted by atomic mass is 10.0. The third-order valence-electron chi connectivity index (χ3n) is 4.02. The SMILES string of the molecule is CCCC1CCCCN1S(=O)(=O)c1cc(CCl)n(C)c1. The molecule has 4 nitrogen and oxygen atoms in total. The molecule has 0 amide bonds. The van der Waals surface area contributed by atoms with Crippen molar-refractivity contribution in [3.05, 3.63) is 18.0 Å². The molecule has 114 valence electrons. The molecule has 0 radical (unpaired) electrons. The van der Waals surface area contributed by atoms with Crippen LogP contribution in [0.2, 0.25) is 0 Å². The molecule has 1 atom stereocenters. The Hall–Kier alpha value is -0.520. The lowest BCUT2D eigenvalue weighted by molar-refractivity contribution is 0.239. The molecule has 2 heterocycles. The summed E-state index contributed by atoms with van der Waals surface area (Å²) >= 11 is 5.83. The molecule has 0 saturated carbocycles. The van der Waals surface area contributed by atoms with Crippen molar-refractivity contribution in [2.45, 2.75) is 55.8 Å². The number of piperidine rings is 1. The first kappa shape index (κ1) is 15.9. The van der Waals surface area contributed by atoms with Crippen LogP contribution in [0.4, 0.5) is 0 Å². The Morgan fingerprint density at radius 2 is 2.15 bits per heavy atom. The number of hydrogen-bond donors (Lipinski definition) is 0. The fourth-order valence-corrected chi connectivity index (χ4v) is 4.98. The van der Waals surface area contributed by atoms with Crippen LogP contribution in [0.3, 0.4) is 0 Å². The lowest BCUT2D eigenvalue weighted by Gasteiger charge is -2.34. The van der Waals surface area contributed by atoms with Gasteiger partial charge in [0.1, 0.15) is 4.90 Å². The number of aryl methyl sites for hydroxylation is 1. The molecule has 0 aromatic carbocycles. The molecular formula is C14H23ClN2O2S. The molecular weight excluding hydrogens is 296 g/mol. The summed E-state index contributed by atoms with van der Waals surface area (Å²) < 4.78 is 29.1. The van der Waals surface area contributed by atoms with E-state index in [1.54, 1.807) is 21.1 Å². The molecule has 6 heteroatoms. The van der Waals surface area contributed by atoms with Crippen molar-refractivity contribution >= 4 is 21.6 Å². The van der Waals surface area contributed by atoms with Gasteiger partial charge in [-0.2, -0.15) is 4.31 Å². The summed E-state index contributed by atoms with van der Waals surface area (Å²) in [6, 6.07) is 1.85. The Balaban J connectivity index is 2.31. The number of hydrogen-bond acceptors (Lipinski definition) is 2. The van der Waals surface area contributed by atoms with Crippen LogP contribution in [0.15, 0.2) is 17.2 Å². The topological polar surface area (TPSA) is 42.3 Å². The standard InChI is InChI=1S/C14H23ClN2O2S/c1-3-6-12-7-4-5-8-17(12)20(18,19)14-9-13(10-15)16(2)11-14/h9,11-12H,3-8,10H2,1-2H3. The maximum atomic E-state index is 12.8. The summed E-state index contributed by atoms with van der Waals surface area (Å²) in [7, 11) is -1.56. The largest absolute Gasteiger partial charge is 0.352 e. The van der Waals surface area contributed by atoms with Crippen LogP contribution in [0, 0.1) is 0 Å². The average Bonchev–Trinajstić information content (AvgIpc) is 2.81. The van der Waals surface area contributed by atoms with Crippen LogP contribution in [-0.2, 0) is 23.0 Å². The fourth-order valence-electron chi connectivity index (χ4n) is 2.90. The van der Waals surface area contributed by atoms with E-state index in [-0.39, 0.29) is 6.04 Å². The molecule has 20 heavy (non-hydrogen) atoms. The number of sulfonamides is 1. The van der Waals surface area contributed by atoms with Crippen LogP contribution >= 0.6 is 11.6 Å². The third-order valence-corrected chi connectivity index (χ3v) is 6.21. The van der Waals surface area contributed by atoms with E-state index in [4.69, 9.17) is 11.6 Å². The van der Waals surface area contributed by atoms with Crippen LogP contribution in [0.5, 0.6) is 0 Å². The van der Waals surface area contributed by atoms with Gasteiger partial charge in [-0.15, -0.1) is 11.6 Å². The number of halogens is 1. The molecule has 0 spiro atoms. The summed E-state index contributed by atoms with van der Waals surface area (Å²) in [6.45, 7) is 2.74. The van der Waals surface area contributed by atoms with Crippen molar-refractivity contribution in [1.29, 1.82) is 0 Å². The zero-order chi connectivity index (χ0) is 14.8. The molecule has 1 aromatic rings. The Morgan fingerprint density at radius 1 is 1.40 bits per heavy atom. The highest BCUT2D eigenvalue weighted by Crippen LogP contribution is 2.28. The molecule has 1 aromatic heterocycles. The maximum absolute atomic E-state index is 12.8. The van der Waals surface area contributed by atoms with Crippen molar-refractivity contribution in [3.8, 4) is 0 Å². The van der Waals surface area contributed by atoms with Gasteiger partial charge in [-0.1, -0.05) is 19.8 Å². The van der Waals surface area contributed by atoms with Crippen LogP contribution in [0.1, 0.15) is 44.7 Å². The van der Waals surface area contributed by atoms with Crippen molar-refractivity contribution < 1.29 is 8.42 Å². The van der Waals surface area contributed by atoms with Gasteiger partial charge in [0, 0.05) is 31.5 Å². The molecule has 2 rings (SSSR count). The van der Waals surface area contributed by atoms with Gasteiger partial charge in [0.2, 0.25) is 10.0 Å². The summed E-state index contributed by atoms with van der Waals surface area (Å²) in [5, 5.41) is 0. The van der Waals surface area contributed by atoms with Gasteiger partial charge in [0.15, 0.2) is 0 Å². The van der Waals surface area contributed by atoms with Gasteiger partial charge in [-0.25, -0.2) is 8.42 Å². The van der Waals surface area contributed by atoms with Gasteiger partial charge >= 0.3 is 0 Å². The zero-order valence-corrected chi connectivity index (χ0v) is 13.8. The first-order valence-electron chi connectivity index (χ1n) is 7.23. The van der Waals surface area contributed by atoms with E-state index in [9.17, 15) is 8.42 Å². The Kier molecular flexibility index (Phi) is 5.15. The highest BCUT2D eigenvalue weighted by atomic mass is 35.5. The van der Waals surface area contributed by atoms with Gasteiger partial charge in [-0.3, -0.25) is 0 Å². The molecule has 1 aliphatic rings. The van der Waals surface area contributed by atoms with Gasteiger partial charge in [-0.05, 0) is 25.3 Å². The van der Waals surface area contributed by atoms with E-state index in [0.29, 0.717) is 17.3 Å². The van der Waals surface area contributed by atoms with E-state index in [1.807, 2.05) is 7.05 Å². The minimum absolute atomic E-state index is 0.151. The van der Waals surface area contributed by atoms with Crippen LogP contribution in [0.25, 0.3) is 0 Å². The quantitative estimate of drug-likeness (QED) is 0.783. The van der Waals surface area contributed by atoms with Crippen LogP contribution < -0.4 is 0 Å². The summed E-state index contributed by atoms with van der Waals surface area (Å²) in [6.07, 6.45) is 6.67. The molecule has 1 fully saturated rings. The fraction of sp³-hybridized carbons (Fsp3) is 0.714. The normalized spacial score (nSPS) is 21.2. The molecule has 0 aliphatic carbocycles. The first-order chi connectivity index (χ1) is 9.50. The molecule has 1 unspecified atom stereocenters. The molecule has 0 N–H and O–H groups in total. The Morgan fingerprint density at radius 3 is 2.75 bits per heavy atom. The van der Waals surface area contributed by atoms with E-state index in [0.717, 1.165) is 37.8 Å². The summed E-state index contributed by atoms with van der Waals surface area (Å²) in [4.78, 5) is 0.374. The van der Waals surface area contributed by atoms with Gasteiger partial charge < -0.3 is 4.57 Å². The van der Waals surface area contributed by atoms with Crippen molar-refractivity contribution in [2.24, 2.45) is 7.05 Å². The van der Waals surface area contributed by atoms with Crippen LogP contribution in [-0.4, -0.2) is 29.9 Å². The minimum atomic E-state index is -3.39. The second kappa shape index (κ2) is 6.50. The summed E-state index contributed by atoms with van der Waals surface area (Å²) in [5.41, 5.74) is 0.828. The number of alkyl halides is 1. The number of rotatable bonds is 5. The van der Waals surface area contributed by atoms with Crippen molar-refractivity contribution in [1.82, 2.24) is 8.87 Å². The lowest BCUT2D eigenvalue weighted by Crippen LogP contribution is -2.43. The smallest absolute Gasteiger partial charge is 0.244 e. The maximum Gasteiger partial charge on any atom is 0.244 e. The van der Waals surface area contributed by atoms with Gasteiger partial charge in [0.05, 0.1) is 5.88 Å². The minimum Gasteiger partial charge on any atom is -0.352 e. The zero-order valence-electron chi connectivity index (χ0n) is 12.2. The highest BCUT2D eigenvalue weighted by Gasteiger charge is 2.33. The number of aromatic nitrogens is 1. The molecule has 1 aliphatic heterocycles. The van der Waals surface area contributed by atoms with Crippen molar-refractivity contribution in [3.63, 3.8) is 0 Å². The average molecular weight is 319 g/mol. The predicted octanol–water partition coefficient (Wildman–Crippen LogP) is 3.11. The number of nitrogens with zero attached hydrogens (tertiary/aromatic N) is 2. The van der Waals surface area contributed by atoms with E-state index < -0.39 is 10.0 Å². The first-order valence-corrected chi connectivity index (χ1v) is 9.21. The molecule has 0 bridgehead atoms.